The number of carbonyl (C=O) groups is 1. The number of hydrogen-bond acceptors (Lipinski definition) is 8. The second-order valence-electron chi connectivity index (χ2n) is 10.0. The zero-order valence-electron chi connectivity index (χ0n) is 25.6. The molecule has 228 valence electrons. The largest absolute Gasteiger partial charge is 0.497 e. The van der Waals surface area contributed by atoms with Crippen molar-refractivity contribution in [3.8, 4) is 28.7 Å². The fourth-order valence-corrected chi connectivity index (χ4v) is 4.87. The number of nitrogens with one attached hydrogen (secondary N) is 2. The third-order valence-electron chi connectivity index (χ3n) is 7.14. The van der Waals surface area contributed by atoms with Gasteiger partial charge in [-0.1, -0.05) is 12.1 Å². The van der Waals surface area contributed by atoms with Crippen molar-refractivity contribution in [3.63, 3.8) is 0 Å². The molecule has 1 unspecified atom stereocenters. The van der Waals surface area contributed by atoms with E-state index in [1.807, 2.05) is 42.5 Å². The molecule has 10 nitrogen and oxygen atoms in total. The number of aromatic nitrogens is 1. The van der Waals surface area contributed by atoms with E-state index in [2.05, 4.69) is 22.5 Å². The molecule has 1 aromatic heterocycles. The highest BCUT2D eigenvalue weighted by molar-refractivity contribution is 5.92. The van der Waals surface area contributed by atoms with Crippen molar-refractivity contribution in [2.45, 2.75) is 32.4 Å². The van der Waals surface area contributed by atoms with Crippen LogP contribution in [0.3, 0.4) is 0 Å². The number of methoxy groups -OCH3 is 5. The zero-order valence-corrected chi connectivity index (χ0v) is 25.6. The lowest BCUT2D eigenvalue weighted by atomic mass is 10.1. The fourth-order valence-electron chi connectivity index (χ4n) is 4.87. The van der Waals surface area contributed by atoms with E-state index in [9.17, 15) is 4.79 Å². The summed E-state index contributed by atoms with van der Waals surface area (Å²) >= 11 is 0. The topological polar surface area (TPSA) is 103 Å². The van der Waals surface area contributed by atoms with E-state index in [-0.39, 0.29) is 12.1 Å². The number of nitrogens with zero attached hydrogens (tertiary/aromatic N) is 2. The number of benzene rings is 3. The summed E-state index contributed by atoms with van der Waals surface area (Å²) in [5.41, 5.74) is 3.26. The Hall–Kier alpha value is -4.86. The lowest BCUT2D eigenvalue weighted by molar-refractivity contribution is 0.207. The molecular formula is C33H40N4O6. The Kier molecular flexibility index (Phi) is 10.7. The van der Waals surface area contributed by atoms with E-state index in [0.717, 1.165) is 40.7 Å². The number of pyridine rings is 1. The maximum absolute atomic E-state index is 13.6. The second-order valence-corrected chi connectivity index (χ2v) is 10.0. The summed E-state index contributed by atoms with van der Waals surface area (Å²) < 4.78 is 27.2. The maximum Gasteiger partial charge on any atom is 0.322 e. The third-order valence-corrected chi connectivity index (χ3v) is 7.14. The van der Waals surface area contributed by atoms with Crippen molar-refractivity contribution in [2.24, 2.45) is 0 Å². The number of rotatable bonds is 14. The molecule has 4 aromatic rings. The number of amides is 2. The summed E-state index contributed by atoms with van der Waals surface area (Å²) in [6.07, 6.45) is 3.35. The average Bonchev–Trinajstić information content (AvgIpc) is 3.04. The van der Waals surface area contributed by atoms with Crippen molar-refractivity contribution in [1.82, 2.24) is 9.88 Å². The molecule has 0 spiro atoms. The van der Waals surface area contributed by atoms with E-state index in [1.54, 1.807) is 64.8 Å². The first-order valence-corrected chi connectivity index (χ1v) is 14.1. The number of ether oxygens (including phenoxy) is 5. The van der Waals surface area contributed by atoms with Crippen LogP contribution in [0, 0.1) is 0 Å². The second kappa shape index (κ2) is 14.9. The molecular weight excluding hydrogens is 548 g/mol. The van der Waals surface area contributed by atoms with Crippen LogP contribution < -0.4 is 34.3 Å². The normalized spacial score (nSPS) is 11.4. The minimum Gasteiger partial charge on any atom is -0.497 e. The van der Waals surface area contributed by atoms with Gasteiger partial charge < -0.3 is 39.2 Å². The Morgan fingerprint density at radius 3 is 2.30 bits per heavy atom. The molecule has 0 aliphatic heterocycles. The van der Waals surface area contributed by atoms with Crippen molar-refractivity contribution in [2.75, 3.05) is 52.7 Å². The molecule has 3 aromatic carbocycles. The molecule has 43 heavy (non-hydrogen) atoms. The first kappa shape index (κ1) is 31.1. The van der Waals surface area contributed by atoms with Gasteiger partial charge in [0.1, 0.15) is 17.2 Å². The van der Waals surface area contributed by atoms with Crippen LogP contribution in [-0.4, -0.2) is 64.1 Å². The molecule has 1 heterocycles. The van der Waals surface area contributed by atoms with Gasteiger partial charge in [-0.05, 0) is 61.7 Å². The first-order valence-electron chi connectivity index (χ1n) is 14.1. The van der Waals surface area contributed by atoms with Gasteiger partial charge in [0.2, 0.25) is 0 Å². The Morgan fingerprint density at radius 1 is 0.814 bits per heavy atom. The van der Waals surface area contributed by atoms with E-state index in [0.29, 0.717) is 41.8 Å². The highest BCUT2D eigenvalue weighted by Gasteiger charge is 2.18. The quantitative estimate of drug-likeness (QED) is 0.170. The molecule has 0 saturated heterocycles. The molecule has 0 aliphatic carbocycles. The van der Waals surface area contributed by atoms with Crippen LogP contribution in [0.25, 0.3) is 10.9 Å². The van der Waals surface area contributed by atoms with Gasteiger partial charge in [-0.25, -0.2) is 4.79 Å². The minimum absolute atomic E-state index is 0.116. The zero-order chi connectivity index (χ0) is 30.8. The molecule has 1 atom stereocenters. The first-order chi connectivity index (χ1) is 20.9. The number of fused-ring (bicyclic) bond motifs is 1. The summed E-state index contributed by atoms with van der Waals surface area (Å²) in [6.45, 7) is 3.01. The van der Waals surface area contributed by atoms with E-state index in [4.69, 9.17) is 23.7 Å². The minimum atomic E-state index is -0.248. The lowest BCUT2D eigenvalue weighted by Crippen LogP contribution is -2.36. The van der Waals surface area contributed by atoms with Crippen molar-refractivity contribution < 1.29 is 28.5 Å². The van der Waals surface area contributed by atoms with Gasteiger partial charge in [0.15, 0.2) is 11.5 Å². The highest BCUT2D eigenvalue weighted by atomic mass is 16.5. The molecule has 0 saturated carbocycles. The van der Waals surface area contributed by atoms with Crippen LogP contribution >= 0.6 is 0 Å². The van der Waals surface area contributed by atoms with Gasteiger partial charge >= 0.3 is 6.03 Å². The van der Waals surface area contributed by atoms with Crippen LogP contribution in [0.2, 0.25) is 0 Å². The molecule has 0 radical (unpaired) electrons. The molecule has 2 N–H and O–H groups in total. The standard InChI is InChI=1S/C33H40N4O6/c1-22(35-28-19-26(40-3)18-24-10-7-15-34-32(24)28)9-8-16-37(21-23-11-14-29(41-4)31(17-23)43-6)33(38)36-27-13-12-25(39-2)20-30(27)42-5/h7,10-15,17-20,22,35H,8-9,16,21H2,1-6H3,(H,36,38). The van der Waals surface area contributed by atoms with Crippen LogP contribution in [0.1, 0.15) is 25.3 Å². The summed E-state index contributed by atoms with van der Waals surface area (Å²) in [4.78, 5) is 20.0. The van der Waals surface area contributed by atoms with Crippen molar-refractivity contribution >= 4 is 28.3 Å². The van der Waals surface area contributed by atoms with Crippen LogP contribution in [-0.2, 0) is 6.54 Å². The monoisotopic (exact) mass is 588 g/mol. The van der Waals surface area contributed by atoms with Crippen LogP contribution in [0.15, 0.2) is 66.9 Å². The summed E-state index contributed by atoms with van der Waals surface area (Å²) in [5.74, 6) is 3.15. The number of urea groups is 1. The highest BCUT2D eigenvalue weighted by Crippen LogP contribution is 2.31. The molecule has 10 heteroatoms. The molecule has 2 amide bonds. The van der Waals surface area contributed by atoms with Crippen molar-refractivity contribution in [3.05, 3.63) is 72.4 Å². The van der Waals surface area contributed by atoms with Crippen LogP contribution in [0.5, 0.6) is 28.7 Å². The van der Waals surface area contributed by atoms with E-state index in [1.165, 1.54) is 0 Å². The Labute approximate surface area is 252 Å². The summed E-state index contributed by atoms with van der Waals surface area (Å²) in [7, 11) is 7.99. The van der Waals surface area contributed by atoms with Gasteiger partial charge in [0.05, 0.1) is 52.4 Å². The molecule has 0 fully saturated rings. The Balaban J connectivity index is 1.49. The SMILES string of the molecule is COc1ccc(NC(=O)N(CCCC(C)Nc2cc(OC)cc3cccnc23)Cc2ccc(OC)c(OC)c2)c(OC)c1. The van der Waals surface area contributed by atoms with E-state index >= 15 is 0 Å². The van der Waals surface area contributed by atoms with Gasteiger partial charge in [-0.2, -0.15) is 0 Å². The Morgan fingerprint density at radius 2 is 1.58 bits per heavy atom. The van der Waals surface area contributed by atoms with Gasteiger partial charge in [0.25, 0.3) is 0 Å². The number of carbonyl (C=O) groups excluding carboxylic acids is 1. The summed E-state index contributed by atoms with van der Waals surface area (Å²) in [6, 6.07) is 18.7. The predicted molar refractivity (Wildman–Crippen MR) is 169 cm³/mol. The number of anilines is 2. The van der Waals surface area contributed by atoms with E-state index < -0.39 is 0 Å². The summed E-state index contributed by atoms with van der Waals surface area (Å²) in [5, 5.41) is 7.60. The Bertz CT molecular complexity index is 1530. The smallest absolute Gasteiger partial charge is 0.322 e. The predicted octanol–water partition coefficient (Wildman–Crippen LogP) is 6.59. The van der Waals surface area contributed by atoms with Crippen molar-refractivity contribution in [1.29, 1.82) is 0 Å². The number of hydrogen-bond donors (Lipinski definition) is 2. The molecule has 0 bridgehead atoms. The molecule has 0 aliphatic rings. The van der Waals surface area contributed by atoms with Gasteiger partial charge in [-0.3, -0.25) is 4.98 Å². The molecule has 4 rings (SSSR count). The lowest BCUT2D eigenvalue weighted by Gasteiger charge is -2.25. The van der Waals surface area contributed by atoms with Crippen LogP contribution in [0.4, 0.5) is 16.2 Å². The fraction of sp³-hybridized carbons (Fsp3) is 0.333. The average molecular weight is 589 g/mol. The maximum atomic E-state index is 13.6. The van der Waals surface area contributed by atoms with Gasteiger partial charge in [0, 0.05) is 42.8 Å². The third kappa shape index (κ3) is 7.91. The van der Waals surface area contributed by atoms with Gasteiger partial charge in [-0.15, -0.1) is 0 Å².